The van der Waals surface area contributed by atoms with E-state index < -0.39 is 5.97 Å². The first-order valence-electron chi connectivity index (χ1n) is 8.82. The summed E-state index contributed by atoms with van der Waals surface area (Å²) >= 11 is 0. The van der Waals surface area contributed by atoms with Crippen LogP contribution in [-0.2, 0) is 9.59 Å². The Kier molecular flexibility index (Phi) is 16.2. The highest BCUT2D eigenvalue weighted by atomic mass is 16.4. The molecule has 0 aliphatic carbocycles. The van der Waals surface area contributed by atoms with Crippen molar-refractivity contribution < 1.29 is 14.7 Å². The van der Waals surface area contributed by atoms with Crippen molar-refractivity contribution in [2.24, 2.45) is 0 Å². The fourth-order valence-electron chi connectivity index (χ4n) is 1.79. The first kappa shape index (κ1) is 22.6. The molecular weight excluding hydrogens is 312 g/mol. The van der Waals surface area contributed by atoms with Crippen LogP contribution in [0.15, 0.2) is 72.9 Å². The van der Waals surface area contributed by atoms with Crippen LogP contribution in [-0.4, -0.2) is 11.8 Å². The van der Waals surface area contributed by atoms with Crippen molar-refractivity contribution in [1.29, 1.82) is 0 Å². The lowest BCUT2D eigenvalue weighted by Gasteiger charge is -1.95. The highest BCUT2D eigenvalue weighted by Crippen LogP contribution is 1.96. The molecule has 0 heterocycles. The van der Waals surface area contributed by atoms with Gasteiger partial charge in [0.15, 0.2) is 5.78 Å². The third kappa shape index (κ3) is 19.5. The van der Waals surface area contributed by atoms with E-state index in [1.165, 1.54) is 0 Å². The van der Waals surface area contributed by atoms with Gasteiger partial charge >= 0.3 is 0 Å². The standard InChI is InChI=1S/C22H30O3/c1-2-3-4-5-9-12-15-18-21(23)19-16-13-10-7-6-8-11-14-17-20-22(24)25/h3-4,6-7,9,11-16,18H,2,5,8,10,17,19-20H2,1H3,(H,24,25)/p-1/b4-3-,7-6-,12-9-,14-11-,16-13-,18-15+. The van der Waals surface area contributed by atoms with E-state index in [1.54, 1.807) is 12.2 Å². The molecule has 0 aromatic carbocycles. The predicted molar refractivity (Wildman–Crippen MR) is 103 cm³/mol. The zero-order chi connectivity index (χ0) is 18.6. The number of aliphatic carboxylic acids is 1. The summed E-state index contributed by atoms with van der Waals surface area (Å²) in [6.07, 6.45) is 27.7. The summed E-state index contributed by atoms with van der Waals surface area (Å²) in [5, 5.41) is 10.2. The van der Waals surface area contributed by atoms with E-state index in [-0.39, 0.29) is 12.2 Å². The number of carboxylic acid groups (broad SMARTS) is 1. The van der Waals surface area contributed by atoms with Crippen molar-refractivity contribution in [2.45, 2.75) is 51.9 Å². The average molecular weight is 341 g/mol. The molecular formula is C22H29O3-. The molecule has 0 aliphatic rings. The van der Waals surface area contributed by atoms with Crippen molar-refractivity contribution in [3.8, 4) is 0 Å². The second kappa shape index (κ2) is 17.9. The largest absolute Gasteiger partial charge is 0.550 e. The number of hydrogen-bond donors (Lipinski definition) is 0. The number of rotatable bonds is 14. The third-order valence-electron chi connectivity index (χ3n) is 3.08. The second-order valence-electron chi connectivity index (χ2n) is 5.37. The summed E-state index contributed by atoms with van der Waals surface area (Å²) < 4.78 is 0. The number of allylic oxidation sites excluding steroid dienone is 12. The molecule has 0 atom stereocenters. The van der Waals surface area contributed by atoms with Crippen molar-refractivity contribution in [2.75, 3.05) is 0 Å². The van der Waals surface area contributed by atoms with E-state index in [0.717, 1.165) is 25.7 Å². The first-order chi connectivity index (χ1) is 12.2. The second-order valence-corrected chi connectivity index (χ2v) is 5.37. The van der Waals surface area contributed by atoms with Crippen molar-refractivity contribution in [3.05, 3.63) is 72.9 Å². The van der Waals surface area contributed by atoms with Gasteiger partial charge in [-0.05, 0) is 44.6 Å². The number of ketones is 1. The van der Waals surface area contributed by atoms with Gasteiger partial charge in [-0.2, -0.15) is 0 Å². The Hall–Kier alpha value is -2.42. The lowest BCUT2D eigenvalue weighted by Crippen LogP contribution is -2.21. The lowest BCUT2D eigenvalue weighted by atomic mass is 10.2. The van der Waals surface area contributed by atoms with Gasteiger partial charge in [-0.25, -0.2) is 0 Å². The summed E-state index contributed by atoms with van der Waals surface area (Å²) in [7, 11) is 0. The van der Waals surface area contributed by atoms with Crippen LogP contribution in [0.2, 0.25) is 0 Å². The topological polar surface area (TPSA) is 57.2 Å². The summed E-state index contributed by atoms with van der Waals surface area (Å²) in [5.41, 5.74) is 0. The van der Waals surface area contributed by atoms with Gasteiger partial charge in [0.05, 0.1) is 0 Å². The maximum absolute atomic E-state index is 11.6. The molecule has 0 aliphatic heterocycles. The Bertz CT molecular complexity index is 531. The van der Waals surface area contributed by atoms with Gasteiger partial charge in [-0.3, -0.25) is 4.79 Å². The van der Waals surface area contributed by atoms with Crippen molar-refractivity contribution in [3.63, 3.8) is 0 Å². The summed E-state index contributed by atoms with van der Waals surface area (Å²) in [6, 6.07) is 0. The maximum atomic E-state index is 11.6. The summed E-state index contributed by atoms with van der Waals surface area (Å²) in [6.45, 7) is 2.10. The molecule has 0 aromatic heterocycles. The fraction of sp³-hybridized carbons (Fsp3) is 0.364. The van der Waals surface area contributed by atoms with Gasteiger partial charge in [-0.15, -0.1) is 0 Å². The SMILES string of the molecule is CC/C=C\C/C=C\C=C\C(=O)C/C=C\C/C=C\C/C=C\CCC(=O)[O-]. The minimum atomic E-state index is -1.02. The maximum Gasteiger partial charge on any atom is 0.159 e. The van der Waals surface area contributed by atoms with Crippen LogP contribution in [0.5, 0.6) is 0 Å². The van der Waals surface area contributed by atoms with Gasteiger partial charge in [0, 0.05) is 12.4 Å². The zero-order valence-corrected chi connectivity index (χ0v) is 15.1. The molecule has 0 N–H and O–H groups in total. The minimum Gasteiger partial charge on any atom is -0.550 e. The van der Waals surface area contributed by atoms with E-state index in [9.17, 15) is 14.7 Å². The number of carboxylic acids is 1. The molecule has 0 spiro atoms. The van der Waals surface area contributed by atoms with E-state index in [4.69, 9.17) is 0 Å². The molecule has 0 saturated heterocycles. The van der Waals surface area contributed by atoms with E-state index in [0.29, 0.717) is 12.8 Å². The Morgan fingerprint density at radius 3 is 2.04 bits per heavy atom. The zero-order valence-electron chi connectivity index (χ0n) is 15.1. The van der Waals surface area contributed by atoms with Gasteiger partial charge in [0.25, 0.3) is 0 Å². The van der Waals surface area contributed by atoms with E-state index in [2.05, 4.69) is 19.1 Å². The number of carbonyl (C=O) groups excluding carboxylic acids is 2. The van der Waals surface area contributed by atoms with E-state index in [1.807, 2.05) is 48.6 Å². The fourth-order valence-corrected chi connectivity index (χ4v) is 1.79. The quantitative estimate of drug-likeness (QED) is 0.267. The van der Waals surface area contributed by atoms with Crippen molar-refractivity contribution >= 4 is 11.8 Å². The van der Waals surface area contributed by atoms with Crippen LogP contribution in [0.1, 0.15) is 51.9 Å². The molecule has 0 rings (SSSR count). The summed E-state index contributed by atoms with van der Waals surface area (Å²) in [4.78, 5) is 21.8. The molecule has 0 aromatic rings. The molecule has 3 nitrogen and oxygen atoms in total. The highest BCUT2D eigenvalue weighted by molar-refractivity contribution is 5.90. The Balaban J connectivity index is 3.72. The minimum absolute atomic E-state index is 0.0666. The molecule has 0 unspecified atom stereocenters. The smallest absolute Gasteiger partial charge is 0.159 e. The Labute approximate surface area is 151 Å². The molecule has 25 heavy (non-hydrogen) atoms. The van der Waals surface area contributed by atoms with Crippen LogP contribution >= 0.6 is 0 Å². The Morgan fingerprint density at radius 1 is 0.760 bits per heavy atom. The third-order valence-corrected chi connectivity index (χ3v) is 3.08. The molecule has 0 radical (unpaired) electrons. The van der Waals surface area contributed by atoms with Crippen LogP contribution in [0, 0.1) is 0 Å². The summed E-state index contributed by atoms with van der Waals surface area (Å²) in [5.74, 6) is -0.931. The molecule has 0 bridgehead atoms. The molecule has 0 fully saturated rings. The first-order valence-corrected chi connectivity index (χ1v) is 8.82. The Morgan fingerprint density at radius 2 is 1.36 bits per heavy atom. The predicted octanol–water partition coefficient (Wildman–Crippen LogP) is 4.39. The number of hydrogen-bond acceptors (Lipinski definition) is 3. The van der Waals surface area contributed by atoms with Crippen LogP contribution < -0.4 is 5.11 Å². The van der Waals surface area contributed by atoms with Crippen LogP contribution in [0.3, 0.4) is 0 Å². The molecule has 0 amide bonds. The normalized spacial score (nSPS) is 12.8. The lowest BCUT2D eigenvalue weighted by molar-refractivity contribution is -0.305. The molecule has 0 saturated carbocycles. The van der Waals surface area contributed by atoms with Gasteiger partial charge in [0.1, 0.15) is 0 Å². The van der Waals surface area contributed by atoms with Crippen LogP contribution in [0.25, 0.3) is 0 Å². The van der Waals surface area contributed by atoms with Crippen LogP contribution in [0.4, 0.5) is 0 Å². The highest BCUT2D eigenvalue weighted by Gasteiger charge is 1.89. The van der Waals surface area contributed by atoms with Gasteiger partial charge < -0.3 is 9.90 Å². The van der Waals surface area contributed by atoms with Gasteiger partial charge in [-0.1, -0.05) is 73.8 Å². The van der Waals surface area contributed by atoms with Gasteiger partial charge in [0.2, 0.25) is 0 Å². The monoisotopic (exact) mass is 341 g/mol. The molecule has 3 heteroatoms. The van der Waals surface area contributed by atoms with E-state index >= 15 is 0 Å². The number of carbonyl (C=O) groups is 2. The average Bonchev–Trinajstić information content (AvgIpc) is 2.58. The van der Waals surface area contributed by atoms with Crippen molar-refractivity contribution in [1.82, 2.24) is 0 Å². The molecule has 136 valence electrons.